The molecule has 0 saturated carbocycles. The van der Waals surface area contributed by atoms with Crippen molar-refractivity contribution in [2.45, 2.75) is 44.2 Å². The van der Waals surface area contributed by atoms with E-state index in [-0.39, 0.29) is 17.4 Å². The van der Waals surface area contributed by atoms with E-state index >= 15 is 0 Å². The number of nitrogens with one attached hydrogen (secondary N) is 1. The molecule has 0 spiro atoms. The third-order valence-electron chi connectivity index (χ3n) is 5.09. The Morgan fingerprint density at radius 1 is 1.35 bits per heavy atom. The highest BCUT2D eigenvalue weighted by Crippen LogP contribution is 2.23. The van der Waals surface area contributed by atoms with Gasteiger partial charge in [0, 0.05) is 31.7 Å². The van der Waals surface area contributed by atoms with Gasteiger partial charge in [-0.3, -0.25) is 9.69 Å². The highest BCUT2D eigenvalue weighted by atomic mass is 16.2. The van der Waals surface area contributed by atoms with Crippen LogP contribution in [-0.4, -0.2) is 61.2 Å². The maximum atomic E-state index is 12.3. The van der Waals surface area contributed by atoms with E-state index in [0.717, 1.165) is 45.4 Å². The lowest BCUT2D eigenvalue weighted by Crippen LogP contribution is -2.50. The second-order valence-electron chi connectivity index (χ2n) is 7.16. The minimum absolute atomic E-state index is 0.00819. The Hall–Kier alpha value is -1.33. The van der Waals surface area contributed by atoms with Gasteiger partial charge in [-0.05, 0) is 37.7 Å². The molecule has 122 valence electrons. The SMILES string of the molecule is [B][C@@H]1CCCN1C(=O)CN[C@@]1(C)CCN(Cc2ccccc2)C1. The molecule has 0 bridgehead atoms. The molecule has 1 amide bonds. The van der Waals surface area contributed by atoms with Crippen molar-refractivity contribution in [2.24, 2.45) is 0 Å². The molecule has 0 unspecified atom stereocenters. The molecule has 2 atom stereocenters. The van der Waals surface area contributed by atoms with Crippen LogP contribution in [0.3, 0.4) is 0 Å². The van der Waals surface area contributed by atoms with Crippen molar-refractivity contribution < 1.29 is 4.79 Å². The standard InChI is InChI=1S/C18H26BN3O/c1-18(20-12-17(23)22-10-5-8-16(22)19)9-11-21(14-18)13-15-6-3-2-4-7-15/h2-4,6-7,16,20H,5,8-14H2,1H3/t16-,18-/m0/s1. The molecule has 1 aromatic rings. The maximum absolute atomic E-state index is 12.3. The molecule has 2 aliphatic heterocycles. The van der Waals surface area contributed by atoms with Gasteiger partial charge in [0.25, 0.3) is 0 Å². The van der Waals surface area contributed by atoms with Crippen molar-refractivity contribution >= 4 is 13.8 Å². The third-order valence-corrected chi connectivity index (χ3v) is 5.09. The molecule has 2 radical (unpaired) electrons. The van der Waals surface area contributed by atoms with E-state index < -0.39 is 0 Å². The summed E-state index contributed by atoms with van der Waals surface area (Å²) in [6.45, 7) is 6.43. The molecule has 2 heterocycles. The summed E-state index contributed by atoms with van der Waals surface area (Å²) in [4.78, 5) is 16.6. The van der Waals surface area contributed by atoms with Crippen molar-refractivity contribution in [1.29, 1.82) is 0 Å². The first kappa shape index (κ1) is 16.5. The third kappa shape index (κ3) is 4.15. The predicted molar refractivity (Wildman–Crippen MR) is 93.2 cm³/mol. The molecule has 1 N–H and O–H groups in total. The zero-order valence-corrected chi connectivity index (χ0v) is 14.0. The molecule has 4 nitrogen and oxygen atoms in total. The van der Waals surface area contributed by atoms with Crippen molar-refractivity contribution in [3.63, 3.8) is 0 Å². The smallest absolute Gasteiger partial charge is 0.236 e. The number of nitrogens with zero attached hydrogens (tertiary/aromatic N) is 2. The summed E-state index contributed by atoms with van der Waals surface area (Å²) in [5, 5.41) is 3.48. The lowest BCUT2D eigenvalue weighted by molar-refractivity contribution is -0.130. The zero-order chi connectivity index (χ0) is 16.3. The van der Waals surface area contributed by atoms with Crippen LogP contribution in [0.2, 0.25) is 0 Å². The van der Waals surface area contributed by atoms with E-state index in [4.69, 9.17) is 7.85 Å². The van der Waals surface area contributed by atoms with Gasteiger partial charge in [-0.25, -0.2) is 0 Å². The molecule has 3 rings (SSSR count). The maximum Gasteiger partial charge on any atom is 0.236 e. The number of amides is 1. The van der Waals surface area contributed by atoms with Gasteiger partial charge in [-0.15, -0.1) is 0 Å². The van der Waals surface area contributed by atoms with Crippen LogP contribution in [0.15, 0.2) is 30.3 Å². The Morgan fingerprint density at radius 2 is 2.13 bits per heavy atom. The van der Waals surface area contributed by atoms with Gasteiger partial charge in [-0.2, -0.15) is 0 Å². The fourth-order valence-corrected chi connectivity index (χ4v) is 3.67. The van der Waals surface area contributed by atoms with E-state index in [1.54, 1.807) is 0 Å². The van der Waals surface area contributed by atoms with Gasteiger partial charge < -0.3 is 10.2 Å². The highest BCUT2D eigenvalue weighted by Gasteiger charge is 2.34. The lowest BCUT2D eigenvalue weighted by Gasteiger charge is -2.29. The molecule has 1 aromatic carbocycles. The Balaban J connectivity index is 1.48. The van der Waals surface area contributed by atoms with E-state index in [9.17, 15) is 4.79 Å². The van der Waals surface area contributed by atoms with Crippen LogP contribution in [0, 0.1) is 0 Å². The molecule has 2 fully saturated rings. The summed E-state index contributed by atoms with van der Waals surface area (Å²) in [5.74, 6) is 0.0491. The fourth-order valence-electron chi connectivity index (χ4n) is 3.67. The first-order valence-electron chi connectivity index (χ1n) is 8.62. The summed E-state index contributed by atoms with van der Waals surface area (Å²) in [7, 11) is 5.97. The number of hydrogen-bond acceptors (Lipinski definition) is 3. The van der Waals surface area contributed by atoms with Gasteiger partial charge >= 0.3 is 0 Å². The molecule has 2 saturated heterocycles. The summed E-state index contributed by atoms with van der Waals surface area (Å²) in [5.41, 5.74) is 1.35. The normalized spacial score (nSPS) is 28.4. The average Bonchev–Trinajstić information content (AvgIpc) is 3.13. The quantitative estimate of drug-likeness (QED) is 0.834. The number of hydrogen-bond donors (Lipinski definition) is 1. The minimum Gasteiger partial charge on any atom is -0.348 e. The first-order valence-corrected chi connectivity index (χ1v) is 8.62. The Labute approximate surface area is 140 Å². The van der Waals surface area contributed by atoms with Crippen molar-refractivity contribution in [1.82, 2.24) is 15.1 Å². The van der Waals surface area contributed by atoms with Crippen LogP contribution in [0.25, 0.3) is 0 Å². The molecular formula is C18H26BN3O. The van der Waals surface area contributed by atoms with E-state index in [2.05, 4.69) is 41.4 Å². The second-order valence-corrected chi connectivity index (χ2v) is 7.16. The molecule has 5 heteroatoms. The molecule has 23 heavy (non-hydrogen) atoms. The van der Waals surface area contributed by atoms with Crippen LogP contribution in [0.5, 0.6) is 0 Å². The van der Waals surface area contributed by atoms with Crippen LogP contribution in [-0.2, 0) is 11.3 Å². The van der Waals surface area contributed by atoms with Crippen LogP contribution in [0.1, 0.15) is 31.7 Å². The number of carbonyl (C=O) groups is 1. The molecule has 0 aliphatic carbocycles. The van der Waals surface area contributed by atoms with Crippen LogP contribution >= 0.6 is 0 Å². The molecule has 2 aliphatic rings. The van der Waals surface area contributed by atoms with Crippen molar-refractivity contribution in [3.05, 3.63) is 35.9 Å². The fraction of sp³-hybridized carbons (Fsp3) is 0.611. The number of carbonyl (C=O) groups excluding carboxylic acids is 1. The molecule has 0 aromatic heterocycles. The van der Waals surface area contributed by atoms with Crippen molar-refractivity contribution in [3.8, 4) is 0 Å². The highest BCUT2D eigenvalue weighted by molar-refractivity contribution is 6.13. The Bertz CT molecular complexity index is 538. The number of rotatable bonds is 5. The van der Waals surface area contributed by atoms with E-state index in [0.29, 0.717) is 6.54 Å². The predicted octanol–water partition coefficient (Wildman–Crippen LogP) is 1.36. The van der Waals surface area contributed by atoms with Crippen LogP contribution < -0.4 is 5.32 Å². The number of benzene rings is 1. The minimum atomic E-state index is -0.0877. The number of likely N-dealkylation sites (tertiary alicyclic amines) is 2. The average molecular weight is 311 g/mol. The zero-order valence-electron chi connectivity index (χ0n) is 14.0. The summed E-state index contributed by atoms with van der Waals surface area (Å²) >= 11 is 0. The topological polar surface area (TPSA) is 35.6 Å². The molecular weight excluding hydrogens is 285 g/mol. The second kappa shape index (κ2) is 7.06. The van der Waals surface area contributed by atoms with E-state index in [1.807, 2.05) is 11.0 Å². The largest absolute Gasteiger partial charge is 0.348 e. The van der Waals surface area contributed by atoms with Gasteiger partial charge in [0.15, 0.2) is 0 Å². The summed E-state index contributed by atoms with van der Waals surface area (Å²) in [6, 6.07) is 10.6. The van der Waals surface area contributed by atoms with E-state index in [1.165, 1.54) is 5.56 Å². The van der Waals surface area contributed by atoms with Gasteiger partial charge in [0.1, 0.15) is 0 Å². The monoisotopic (exact) mass is 311 g/mol. The Kier molecular flexibility index (Phi) is 5.07. The van der Waals surface area contributed by atoms with Gasteiger partial charge in [0.05, 0.1) is 14.4 Å². The van der Waals surface area contributed by atoms with Gasteiger partial charge in [0.2, 0.25) is 5.91 Å². The summed E-state index contributed by atoms with van der Waals surface area (Å²) in [6.07, 6.45) is 3.02. The van der Waals surface area contributed by atoms with Crippen LogP contribution in [0.4, 0.5) is 0 Å². The van der Waals surface area contributed by atoms with Gasteiger partial charge in [-0.1, -0.05) is 30.3 Å². The Morgan fingerprint density at radius 3 is 2.83 bits per heavy atom. The first-order chi connectivity index (χ1) is 11.1. The van der Waals surface area contributed by atoms with Crippen molar-refractivity contribution in [2.75, 3.05) is 26.2 Å². The lowest BCUT2D eigenvalue weighted by atomic mass is 9.94. The summed E-state index contributed by atoms with van der Waals surface area (Å²) < 4.78 is 0.